The summed E-state index contributed by atoms with van der Waals surface area (Å²) in [5.41, 5.74) is 1.31. The van der Waals surface area contributed by atoms with Gasteiger partial charge >= 0.3 is 0 Å². The van der Waals surface area contributed by atoms with Gasteiger partial charge in [-0.2, -0.15) is 5.10 Å². The molecule has 0 aliphatic rings. The second kappa shape index (κ2) is 6.83. The van der Waals surface area contributed by atoms with Crippen molar-refractivity contribution in [3.63, 3.8) is 0 Å². The summed E-state index contributed by atoms with van der Waals surface area (Å²) in [6.45, 7) is 0.798. The van der Waals surface area contributed by atoms with E-state index in [0.717, 1.165) is 22.4 Å². The molecule has 1 amide bonds. The molecule has 6 nitrogen and oxygen atoms in total. The third kappa shape index (κ3) is 3.42. The van der Waals surface area contributed by atoms with Crippen LogP contribution in [0.25, 0.3) is 10.9 Å². The Kier molecular flexibility index (Phi) is 4.42. The molecule has 2 aromatic carbocycles. The van der Waals surface area contributed by atoms with Crippen molar-refractivity contribution in [2.24, 2.45) is 0 Å². The third-order valence-electron chi connectivity index (χ3n) is 3.44. The number of H-pyrrole nitrogens is 1. The number of para-hydroxylation sites is 1. The fourth-order valence-electron chi connectivity index (χ4n) is 2.26. The van der Waals surface area contributed by atoms with E-state index in [0.29, 0.717) is 18.7 Å². The van der Waals surface area contributed by atoms with Crippen LogP contribution in [0, 0.1) is 0 Å². The number of nitrogens with zero attached hydrogens (tertiary/aromatic N) is 1. The minimum Gasteiger partial charge on any atom is -0.497 e. The zero-order valence-electron chi connectivity index (χ0n) is 12.7. The van der Waals surface area contributed by atoms with Crippen LogP contribution >= 0.6 is 0 Å². The molecule has 3 aromatic rings. The first-order chi connectivity index (χ1) is 11.3. The molecule has 0 unspecified atom stereocenters. The van der Waals surface area contributed by atoms with Crippen molar-refractivity contribution in [2.75, 3.05) is 20.3 Å². The summed E-state index contributed by atoms with van der Waals surface area (Å²) >= 11 is 0. The maximum atomic E-state index is 12.2. The van der Waals surface area contributed by atoms with Crippen LogP contribution in [0.4, 0.5) is 0 Å². The molecule has 0 aliphatic carbocycles. The zero-order chi connectivity index (χ0) is 16.1. The van der Waals surface area contributed by atoms with E-state index in [-0.39, 0.29) is 5.91 Å². The number of hydrogen-bond acceptors (Lipinski definition) is 4. The number of methoxy groups -OCH3 is 1. The molecule has 6 heteroatoms. The van der Waals surface area contributed by atoms with Crippen molar-refractivity contribution in [3.8, 4) is 11.5 Å². The van der Waals surface area contributed by atoms with Gasteiger partial charge in [0.2, 0.25) is 0 Å². The number of amides is 1. The number of carbonyl (C=O) groups is 1. The molecular weight excluding hydrogens is 294 g/mol. The van der Waals surface area contributed by atoms with Gasteiger partial charge in [0.1, 0.15) is 18.1 Å². The standard InChI is InChI=1S/C17H17N3O3/c1-22-13-5-7-14(8-6-13)23-10-9-18-17(21)15-4-2-3-12-11-19-20-16(12)15/h2-8,11H,9-10H2,1H3,(H,18,21)(H,19,20). The van der Waals surface area contributed by atoms with Crippen LogP contribution in [0.5, 0.6) is 11.5 Å². The largest absolute Gasteiger partial charge is 0.497 e. The lowest BCUT2D eigenvalue weighted by atomic mass is 10.1. The summed E-state index contributed by atoms with van der Waals surface area (Å²) in [5, 5.41) is 10.5. The Bertz CT molecular complexity index is 796. The number of rotatable bonds is 6. The predicted octanol–water partition coefficient (Wildman–Crippen LogP) is 2.38. The molecule has 1 aromatic heterocycles. The van der Waals surface area contributed by atoms with E-state index < -0.39 is 0 Å². The SMILES string of the molecule is COc1ccc(OCCNC(=O)c2cccc3cn[nH]c23)cc1. The summed E-state index contributed by atoms with van der Waals surface area (Å²) in [6.07, 6.45) is 1.69. The molecule has 2 N–H and O–H groups in total. The first-order valence-electron chi connectivity index (χ1n) is 7.25. The number of benzene rings is 2. The van der Waals surface area contributed by atoms with Crippen LogP contribution in [-0.2, 0) is 0 Å². The first-order valence-corrected chi connectivity index (χ1v) is 7.25. The maximum absolute atomic E-state index is 12.2. The highest BCUT2D eigenvalue weighted by Gasteiger charge is 2.10. The highest BCUT2D eigenvalue weighted by Crippen LogP contribution is 2.17. The topological polar surface area (TPSA) is 76.2 Å². The monoisotopic (exact) mass is 311 g/mol. The molecule has 118 valence electrons. The molecule has 1 heterocycles. The average Bonchev–Trinajstić information content (AvgIpc) is 3.07. The minimum absolute atomic E-state index is 0.154. The Labute approximate surface area is 133 Å². The minimum atomic E-state index is -0.154. The lowest BCUT2D eigenvalue weighted by Crippen LogP contribution is -2.28. The second-order valence-corrected chi connectivity index (χ2v) is 4.92. The van der Waals surface area contributed by atoms with Gasteiger partial charge in [-0.05, 0) is 30.3 Å². The van der Waals surface area contributed by atoms with Gasteiger partial charge in [0.05, 0.1) is 30.9 Å². The summed E-state index contributed by atoms with van der Waals surface area (Å²) < 4.78 is 10.7. The Morgan fingerprint density at radius 1 is 1.17 bits per heavy atom. The fraction of sp³-hybridized carbons (Fsp3) is 0.176. The van der Waals surface area contributed by atoms with E-state index in [1.807, 2.05) is 36.4 Å². The molecule has 0 atom stereocenters. The highest BCUT2D eigenvalue weighted by atomic mass is 16.5. The molecule has 0 saturated carbocycles. The summed E-state index contributed by atoms with van der Waals surface area (Å²) in [4.78, 5) is 12.2. The third-order valence-corrected chi connectivity index (χ3v) is 3.44. The second-order valence-electron chi connectivity index (χ2n) is 4.92. The van der Waals surface area contributed by atoms with E-state index in [1.54, 1.807) is 19.4 Å². The lowest BCUT2D eigenvalue weighted by molar-refractivity contribution is 0.0948. The van der Waals surface area contributed by atoms with E-state index in [9.17, 15) is 4.79 Å². The van der Waals surface area contributed by atoms with Crippen LogP contribution in [0.15, 0.2) is 48.7 Å². The van der Waals surface area contributed by atoms with E-state index in [4.69, 9.17) is 9.47 Å². The zero-order valence-corrected chi connectivity index (χ0v) is 12.7. The van der Waals surface area contributed by atoms with Crippen LogP contribution in [-0.4, -0.2) is 36.4 Å². The Hall–Kier alpha value is -3.02. The van der Waals surface area contributed by atoms with Crippen molar-refractivity contribution in [1.82, 2.24) is 15.5 Å². The van der Waals surface area contributed by atoms with Gasteiger partial charge in [0.15, 0.2) is 0 Å². The van der Waals surface area contributed by atoms with Gasteiger partial charge in [-0.25, -0.2) is 0 Å². The molecule has 0 spiro atoms. The van der Waals surface area contributed by atoms with E-state index in [2.05, 4.69) is 15.5 Å². The lowest BCUT2D eigenvalue weighted by Gasteiger charge is -2.09. The molecule has 23 heavy (non-hydrogen) atoms. The van der Waals surface area contributed by atoms with Crippen LogP contribution in [0.1, 0.15) is 10.4 Å². The van der Waals surface area contributed by atoms with Crippen LogP contribution in [0.3, 0.4) is 0 Å². The van der Waals surface area contributed by atoms with Gasteiger partial charge in [0.25, 0.3) is 5.91 Å². The van der Waals surface area contributed by atoms with Gasteiger partial charge in [0, 0.05) is 5.39 Å². The number of aromatic amines is 1. The summed E-state index contributed by atoms with van der Waals surface area (Å²) in [7, 11) is 1.62. The molecule has 0 aliphatic heterocycles. The van der Waals surface area contributed by atoms with E-state index >= 15 is 0 Å². The number of nitrogens with one attached hydrogen (secondary N) is 2. The quantitative estimate of drug-likeness (QED) is 0.685. The molecule has 3 rings (SSSR count). The van der Waals surface area contributed by atoms with Gasteiger partial charge < -0.3 is 14.8 Å². The number of aromatic nitrogens is 2. The van der Waals surface area contributed by atoms with Gasteiger partial charge in [-0.3, -0.25) is 9.89 Å². The maximum Gasteiger partial charge on any atom is 0.253 e. The summed E-state index contributed by atoms with van der Waals surface area (Å²) in [6, 6.07) is 12.8. The van der Waals surface area contributed by atoms with Gasteiger partial charge in [-0.1, -0.05) is 12.1 Å². The summed E-state index contributed by atoms with van der Waals surface area (Å²) in [5.74, 6) is 1.35. The van der Waals surface area contributed by atoms with Crippen LogP contribution < -0.4 is 14.8 Å². The Balaban J connectivity index is 1.52. The first kappa shape index (κ1) is 14.9. The van der Waals surface area contributed by atoms with Gasteiger partial charge in [-0.15, -0.1) is 0 Å². The molecule has 0 bridgehead atoms. The highest BCUT2D eigenvalue weighted by molar-refractivity contribution is 6.05. The van der Waals surface area contributed by atoms with Crippen molar-refractivity contribution < 1.29 is 14.3 Å². The number of hydrogen-bond donors (Lipinski definition) is 2. The predicted molar refractivity (Wildman–Crippen MR) is 86.9 cm³/mol. The van der Waals surface area contributed by atoms with Crippen LogP contribution in [0.2, 0.25) is 0 Å². The number of fused-ring (bicyclic) bond motifs is 1. The Morgan fingerprint density at radius 3 is 2.74 bits per heavy atom. The molecule has 0 fully saturated rings. The molecule has 0 radical (unpaired) electrons. The smallest absolute Gasteiger partial charge is 0.253 e. The van der Waals surface area contributed by atoms with Crippen molar-refractivity contribution >= 4 is 16.8 Å². The number of carbonyl (C=O) groups excluding carboxylic acids is 1. The molecular formula is C17H17N3O3. The number of ether oxygens (including phenoxy) is 2. The van der Waals surface area contributed by atoms with Crippen molar-refractivity contribution in [1.29, 1.82) is 0 Å². The molecule has 0 saturated heterocycles. The van der Waals surface area contributed by atoms with Crippen molar-refractivity contribution in [3.05, 3.63) is 54.2 Å². The normalized spacial score (nSPS) is 10.5. The van der Waals surface area contributed by atoms with Crippen molar-refractivity contribution in [2.45, 2.75) is 0 Å². The Morgan fingerprint density at radius 2 is 1.96 bits per heavy atom. The average molecular weight is 311 g/mol. The van der Waals surface area contributed by atoms with E-state index in [1.165, 1.54) is 0 Å². The fourth-order valence-corrected chi connectivity index (χ4v) is 2.26.